The fourth-order valence-corrected chi connectivity index (χ4v) is 0.993. The van der Waals surface area contributed by atoms with E-state index in [9.17, 15) is 9.18 Å². The average Bonchev–Trinajstić information content (AvgIpc) is 2.08. The van der Waals surface area contributed by atoms with Crippen LogP contribution in [-0.4, -0.2) is 12.1 Å². The summed E-state index contributed by atoms with van der Waals surface area (Å²) in [4.78, 5) is 11.4. The lowest BCUT2D eigenvalue weighted by molar-refractivity contribution is 0.0379. The average molecular weight is 197 g/mol. The van der Waals surface area contributed by atoms with Crippen molar-refractivity contribution in [2.24, 2.45) is 0 Å². The summed E-state index contributed by atoms with van der Waals surface area (Å²) in [7, 11) is 0. The van der Waals surface area contributed by atoms with Crippen LogP contribution >= 0.6 is 0 Å². The van der Waals surface area contributed by atoms with E-state index in [0.717, 1.165) is 0 Å². The summed E-state index contributed by atoms with van der Waals surface area (Å²) < 4.78 is 17.8. The second kappa shape index (κ2) is 4.09. The third-order valence-corrected chi connectivity index (χ3v) is 1.62. The number of hydrogen-bond acceptors (Lipinski definition) is 3. The quantitative estimate of drug-likeness (QED) is 0.582. The van der Waals surface area contributed by atoms with E-state index in [2.05, 4.69) is 0 Å². The van der Waals surface area contributed by atoms with E-state index in [1.165, 1.54) is 18.2 Å². The number of benzene rings is 1. The molecule has 0 aliphatic heterocycles. The van der Waals surface area contributed by atoms with Crippen molar-refractivity contribution < 1.29 is 13.9 Å². The van der Waals surface area contributed by atoms with Crippen LogP contribution in [0.15, 0.2) is 18.2 Å². The van der Waals surface area contributed by atoms with Crippen LogP contribution in [-0.2, 0) is 4.74 Å². The predicted molar refractivity (Wildman–Crippen MR) is 51.4 cm³/mol. The highest BCUT2D eigenvalue weighted by Gasteiger charge is 2.14. The number of rotatable bonds is 2. The van der Waals surface area contributed by atoms with Gasteiger partial charge >= 0.3 is 5.97 Å². The van der Waals surface area contributed by atoms with Crippen LogP contribution in [0.1, 0.15) is 24.2 Å². The topological polar surface area (TPSA) is 52.3 Å². The van der Waals surface area contributed by atoms with E-state index >= 15 is 0 Å². The number of anilines is 1. The van der Waals surface area contributed by atoms with Gasteiger partial charge in [0.05, 0.1) is 17.4 Å². The molecule has 1 aromatic rings. The van der Waals surface area contributed by atoms with Gasteiger partial charge in [-0.15, -0.1) is 0 Å². The molecule has 0 spiro atoms. The Morgan fingerprint density at radius 1 is 1.50 bits per heavy atom. The molecular weight excluding hydrogens is 185 g/mol. The Labute approximate surface area is 81.7 Å². The maximum absolute atomic E-state index is 12.9. The molecule has 0 bridgehead atoms. The zero-order chi connectivity index (χ0) is 10.7. The number of para-hydroxylation sites is 1. The van der Waals surface area contributed by atoms with Gasteiger partial charge in [-0.2, -0.15) is 0 Å². The van der Waals surface area contributed by atoms with Crippen LogP contribution in [0.5, 0.6) is 0 Å². The number of hydrogen-bond donors (Lipinski definition) is 1. The summed E-state index contributed by atoms with van der Waals surface area (Å²) in [6.07, 6.45) is -0.245. The largest absolute Gasteiger partial charge is 0.459 e. The van der Waals surface area contributed by atoms with E-state index in [4.69, 9.17) is 10.5 Å². The number of nitrogens with two attached hydrogens (primary N) is 1. The van der Waals surface area contributed by atoms with Gasteiger partial charge in [0.25, 0.3) is 0 Å². The van der Waals surface area contributed by atoms with Crippen LogP contribution in [0.25, 0.3) is 0 Å². The van der Waals surface area contributed by atoms with Crippen molar-refractivity contribution in [3.8, 4) is 0 Å². The molecule has 76 valence electrons. The number of carbonyl (C=O) groups excluding carboxylic acids is 1. The van der Waals surface area contributed by atoms with Gasteiger partial charge < -0.3 is 10.5 Å². The van der Waals surface area contributed by atoms with Crippen molar-refractivity contribution in [1.82, 2.24) is 0 Å². The van der Waals surface area contributed by atoms with Gasteiger partial charge in [0.1, 0.15) is 5.82 Å². The van der Waals surface area contributed by atoms with Gasteiger partial charge in [-0.3, -0.25) is 0 Å². The molecular formula is C10H12FNO2. The Kier molecular flexibility index (Phi) is 3.06. The first-order valence-corrected chi connectivity index (χ1v) is 4.27. The molecule has 0 fully saturated rings. The molecule has 3 nitrogen and oxygen atoms in total. The summed E-state index contributed by atoms with van der Waals surface area (Å²) in [5, 5.41) is 0. The van der Waals surface area contributed by atoms with Crippen LogP contribution in [0.2, 0.25) is 0 Å². The predicted octanol–water partition coefficient (Wildman–Crippen LogP) is 1.97. The van der Waals surface area contributed by atoms with Crippen molar-refractivity contribution in [2.75, 3.05) is 5.73 Å². The molecule has 0 saturated carbocycles. The van der Waals surface area contributed by atoms with E-state index < -0.39 is 11.8 Å². The van der Waals surface area contributed by atoms with Gasteiger partial charge in [0, 0.05) is 0 Å². The zero-order valence-corrected chi connectivity index (χ0v) is 8.08. The third kappa shape index (κ3) is 2.22. The fourth-order valence-electron chi connectivity index (χ4n) is 0.993. The zero-order valence-electron chi connectivity index (χ0n) is 8.08. The number of halogens is 1. The van der Waals surface area contributed by atoms with Crippen LogP contribution in [0, 0.1) is 5.82 Å². The minimum Gasteiger partial charge on any atom is -0.459 e. The van der Waals surface area contributed by atoms with Crippen molar-refractivity contribution in [3.05, 3.63) is 29.6 Å². The SMILES string of the molecule is CC(C)OC(=O)c1cccc(F)c1N. The second-order valence-electron chi connectivity index (χ2n) is 3.16. The molecule has 1 aromatic carbocycles. The summed E-state index contributed by atoms with van der Waals surface area (Å²) >= 11 is 0. The maximum Gasteiger partial charge on any atom is 0.340 e. The lowest BCUT2D eigenvalue weighted by Gasteiger charge is -2.09. The Morgan fingerprint density at radius 3 is 2.71 bits per heavy atom. The molecule has 0 amide bonds. The summed E-state index contributed by atoms with van der Waals surface area (Å²) in [6, 6.07) is 4.05. The summed E-state index contributed by atoms with van der Waals surface area (Å²) in [6.45, 7) is 3.43. The number of esters is 1. The number of ether oxygens (including phenoxy) is 1. The molecule has 4 heteroatoms. The van der Waals surface area contributed by atoms with Gasteiger partial charge in [0.2, 0.25) is 0 Å². The Balaban J connectivity index is 2.96. The normalized spacial score (nSPS) is 10.3. The number of carbonyl (C=O) groups is 1. The third-order valence-electron chi connectivity index (χ3n) is 1.62. The minimum absolute atomic E-state index is 0.0682. The van der Waals surface area contributed by atoms with Crippen molar-refractivity contribution >= 4 is 11.7 Å². The van der Waals surface area contributed by atoms with Gasteiger partial charge in [-0.25, -0.2) is 9.18 Å². The molecule has 0 unspecified atom stereocenters. The highest BCUT2D eigenvalue weighted by atomic mass is 19.1. The van der Waals surface area contributed by atoms with Crippen molar-refractivity contribution in [2.45, 2.75) is 20.0 Å². The van der Waals surface area contributed by atoms with Crippen molar-refractivity contribution in [1.29, 1.82) is 0 Å². The molecule has 0 atom stereocenters. The molecule has 14 heavy (non-hydrogen) atoms. The van der Waals surface area contributed by atoms with E-state index in [1.54, 1.807) is 13.8 Å². The van der Waals surface area contributed by atoms with E-state index in [1.807, 2.05) is 0 Å². The summed E-state index contributed by atoms with van der Waals surface area (Å²) in [5.74, 6) is -1.21. The fraction of sp³-hybridized carbons (Fsp3) is 0.300. The molecule has 0 heterocycles. The molecule has 0 aliphatic carbocycles. The highest BCUT2D eigenvalue weighted by molar-refractivity contribution is 5.95. The molecule has 0 aromatic heterocycles. The smallest absolute Gasteiger partial charge is 0.340 e. The molecule has 0 radical (unpaired) electrons. The van der Waals surface area contributed by atoms with Gasteiger partial charge in [-0.1, -0.05) is 6.07 Å². The van der Waals surface area contributed by atoms with Crippen molar-refractivity contribution in [3.63, 3.8) is 0 Å². The Bertz CT molecular complexity index is 350. The molecule has 1 rings (SSSR count). The summed E-state index contributed by atoms with van der Waals surface area (Å²) in [5.41, 5.74) is 5.28. The van der Waals surface area contributed by atoms with Crippen LogP contribution in [0.4, 0.5) is 10.1 Å². The number of nitrogen functional groups attached to an aromatic ring is 1. The first-order chi connectivity index (χ1) is 6.52. The molecule has 0 saturated heterocycles. The van der Waals surface area contributed by atoms with Gasteiger partial charge in [-0.05, 0) is 26.0 Å². The monoisotopic (exact) mass is 197 g/mol. The van der Waals surface area contributed by atoms with Crippen LogP contribution < -0.4 is 5.73 Å². The van der Waals surface area contributed by atoms with E-state index in [0.29, 0.717) is 0 Å². The molecule has 2 N–H and O–H groups in total. The first kappa shape index (κ1) is 10.5. The Hall–Kier alpha value is -1.58. The lowest BCUT2D eigenvalue weighted by atomic mass is 10.2. The van der Waals surface area contributed by atoms with Crippen LogP contribution in [0.3, 0.4) is 0 Å². The molecule has 0 aliphatic rings. The Morgan fingerprint density at radius 2 is 2.14 bits per heavy atom. The maximum atomic E-state index is 12.9. The second-order valence-corrected chi connectivity index (χ2v) is 3.16. The highest BCUT2D eigenvalue weighted by Crippen LogP contribution is 2.17. The minimum atomic E-state index is -0.608. The van der Waals surface area contributed by atoms with E-state index in [-0.39, 0.29) is 17.4 Å². The first-order valence-electron chi connectivity index (χ1n) is 4.27. The standard InChI is InChI=1S/C10H12FNO2/c1-6(2)14-10(13)7-4-3-5-8(11)9(7)12/h3-6H,12H2,1-2H3. The lowest BCUT2D eigenvalue weighted by Crippen LogP contribution is -2.14. The van der Waals surface area contributed by atoms with Gasteiger partial charge in [0.15, 0.2) is 0 Å².